The monoisotopic (exact) mass is 235 g/mol. The number of amides is 1. The Morgan fingerprint density at radius 2 is 2.12 bits per heavy atom. The van der Waals surface area contributed by atoms with Crippen LogP contribution in [-0.2, 0) is 11.3 Å². The molecule has 1 aliphatic heterocycles. The third-order valence-electron chi connectivity index (χ3n) is 3.06. The maximum atomic E-state index is 11.7. The molecule has 1 fully saturated rings. The number of likely N-dealkylation sites (N-methyl/N-ethyl adjacent to an activating group) is 1. The largest absolute Gasteiger partial charge is 0.360 e. The van der Waals surface area contributed by atoms with Gasteiger partial charge in [0, 0.05) is 32.4 Å². The van der Waals surface area contributed by atoms with Gasteiger partial charge in [-0.3, -0.25) is 4.79 Å². The topological polar surface area (TPSA) is 55.8 Å². The van der Waals surface area contributed by atoms with Gasteiger partial charge in [0.25, 0.3) is 0 Å². The predicted octanol–water partition coefficient (Wildman–Crippen LogP) is 0.444. The van der Waals surface area contributed by atoms with Crippen LogP contribution >= 0.6 is 0 Å². The Hall–Kier alpha value is -1.59. The summed E-state index contributed by atoms with van der Waals surface area (Å²) >= 11 is 0. The van der Waals surface area contributed by atoms with E-state index in [0.717, 1.165) is 24.3 Å². The fraction of sp³-hybridized carbons (Fsp3) is 0.417. The van der Waals surface area contributed by atoms with E-state index in [0.29, 0.717) is 13.1 Å². The normalized spacial score (nSPS) is 16.5. The lowest BCUT2D eigenvalue weighted by Gasteiger charge is -2.34. The van der Waals surface area contributed by atoms with E-state index >= 15 is 0 Å². The van der Waals surface area contributed by atoms with Crippen molar-refractivity contribution in [2.75, 3.05) is 31.6 Å². The van der Waals surface area contributed by atoms with Crippen LogP contribution in [-0.4, -0.2) is 42.7 Å². The van der Waals surface area contributed by atoms with Crippen molar-refractivity contribution in [3.63, 3.8) is 0 Å². The number of rotatable bonds is 3. The third kappa shape index (κ3) is 2.57. The van der Waals surface area contributed by atoms with Crippen molar-refractivity contribution < 1.29 is 10.0 Å². The van der Waals surface area contributed by atoms with Crippen molar-refractivity contribution in [2.45, 2.75) is 6.54 Å². The van der Waals surface area contributed by atoms with Gasteiger partial charge in [-0.2, -0.15) is 0 Å². The summed E-state index contributed by atoms with van der Waals surface area (Å²) in [5, 5.41) is 8.79. The molecule has 2 N–H and O–H groups in total. The van der Waals surface area contributed by atoms with Crippen molar-refractivity contribution in [3.05, 3.63) is 29.8 Å². The number of benzene rings is 1. The van der Waals surface area contributed by atoms with Crippen LogP contribution in [0.15, 0.2) is 24.3 Å². The van der Waals surface area contributed by atoms with E-state index in [4.69, 9.17) is 5.21 Å². The number of nitrogens with one attached hydrogen (secondary N) is 1. The van der Waals surface area contributed by atoms with Gasteiger partial charge in [0.15, 0.2) is 0 Å². The van der Waals surface area contributed by atoms with Gasteiger partial charge in [0.05, 0.1) is 6.54 Å². The van der Waals surface area contributed by atoms with Gasteiger partial charge in [-0.1, -0.05) is 18.2 Å². The molecule has 0 saturated carbocycles. The molecule has 1 saturated heterocycles. The Bertz CT molecular complexity index is 408. The summed E-state index contributed by atoms with van der Waals surface area (Å²) in [6.45, 7) is 2.35. The molecule has 2 rings (SSSR count). The van der Waals surface area contributed by atoms with Crippen molar-refractivity contribution in [3.8, 4) is 0 Å². The highest BCUT2D eigenvalue weighted by molar-refractivity contribution is 5.82. The van der Waals surface area contributed by atoms with Gasteiger partial charge in [0.1, 0.15) is 0 Å². The van der Waals surface area contributed by atoms with Gasteiger partial charge < -0.3 is 15.0 Å². The van der Waals surface area contributed by atoms with Crippen molar-refractivity contribution in [1.82, 2.24) is 10.4 Å². The van der Waals surface area contributed by atoms with E-state index in [1.54, 1.807) is 4.90 Å². The Kier molecular flexibility index (Phi) is 3.61. The number of hydrogen-bond donors (Lipinski definition) is 2. The number of carbonyl (C=O) groups excluding carboxylic acids is 1. The highest BCUT2D eigenvalue weighted by Gasteiger charge is 2.22. The van der Waals surface area contributed by atoms with Gasteiger partial charge >= 0.3 is 0 Å². The lowest BCUT2D eigenvalue weighted by atomic mass is 10.1. The number of nitrogens with zero attached hydrogens (tertiary/aromatic N) is 2. The molecule has 0 bridgehead atoms. The zero-order valence-electron chi connectivity index (χ0n) is 9.89. The predicted molar refractivity (Wildman–Crippen MR) is 64.9 cm³/mol. The second-order valence-corrected chi connectivity index (χ2v) is 4.20. The standard InChI is InChI=1S/C12H17N3O2/c1-14-6-7-15(9-12(14)16)11-5-3-2-4-10(11)8-13-17/h2-5,13,17H,6-9H2,1H3. The second kappa shape index (κ2) is 5.16. The minimum atomic E-state index is 0.128. The Balaban J connectivity index is 2.19. The molecule has 1 aromatic carbocycles. The second-order valence-electron chi connectivity index (χ2n) is 4.20. The summed E-state index contributed by atoms with van der Waals surface area (Å²) in [6.07, 6.45) is 0. The smallest absolute Gasteiger partial charge is 0.241 e. The Labute approximate surface area is 101 Å². The number of hydroxylamine groups is 1. The summed E-state index contributed by atoms with van der Waals surface area (Å²) in [5.74, 6) is 0.128. The SMILES string of the molecule is CN1CCN(c2ccccc2CNO)CC1=O. The summed E-state index contributed by atoms with van der Waals surface area (Å²) in [6, 6.07) is 7.79. The number of carbonyl (C=O) groups is 1. The first-order valence-corrected chi connectivity index (χ1v) is 5.66. The zero-order valence-corrected chi connectivity index (χ0v) is 9.89. The highest BCUT2D eigenvalue weighted by Crippen LogP contribution is 2.21. The quantitative estimate of drug-likeness (QED) is 0.747. The molecule has 1 aromatic rings. The minimum absolute atomic E-state index is 0.128. The summed E-state index contributed by atoms with van der Waals surface area (Å²) in [5.41, 5.74) is 4.16. The fourth-order valence-electron chi connectivity index (χ4n) is 2.02. The van der Waals surface area contributed by atoms with E-state index in [2.05, 4.69) is 10.4 Å². The molecule has 17 heavy (non-hydrogen) atoms. The first-order valence-electron chi connectivity index (χ1n) is 5.66. The molecule has 1 heterocycles. The van der Waals surface area contributed by atoms with Crippen LogP contribution in [0, 0.1) is 0 Å². The molecule has 5 heteroatoms. The van der Waals surface area contributed by atoms with Gasteiger partial charge in [0.2, 0.25) is 5.91 Å². The fourth-order valence-corrected chi connectivity index (χ4v) is 2.02. The molecule has 1 amide bonds. The number of hydrogen-bond acceptors (Lipinski definition) is 4. The lowest BCUT2D eigenvalue weighted by molar-refractivity contribution is -0.129. The number of piperazine rings is 1. The molecule has 0 aliphatic carbocycles. The van der Waals surface area contributed by atoms with Crippen LogP contribution in [0.5, 0.6) is 0 Å². The highest BCUT2D eigenvalue weighted by atomic mass is 16.5. The van der Waals surface area contributed by atoms with Crippen LogP contribution in [0.4, 0.5) is 5.69 Å². The molecule has 1 aliphatic rings. The van der Waals surface area contributed by atoms with Crippen LogP contribution in [0.2, 0.25) is 0 Å². The van der Waals surface area contributed by atoms with E-state index in [-0.39, 0.29) is 5.91 Å². The molecular formula is C12H17N3O2. The van der Waals surface area contributed by atoms with Crippen LogP contribution in [0.3, 0.4) is 0 Å². The van der Waals surface area contributed by atoms with Gasteiger partial charge in [-0.05, 0) is 11.6 Å². The van der Waals surface area contributed by atoms with Crippen LogP contribution in [0.1, 0.15) is 5.56 Å². The average molecular weight is 235 g/mol. The first-order chi connectivity index (χ1) is 8.22. The van der Waals surface area contributed by atoms with E-state index in [1.807, 2.05) is 31.3 Å². The van der Waals surface area contributed by atoms with Crippen LogP contribution in [0.25, 0.3) is 0 Å². The minimum Gasteiger partial charge on any atom is -0.360 e. The summed E-state index contributed by atoms with van der Waals surface area (Å²) in [7, 11) is 1.82. The Morgan fingerprint density at radius 1 is 1.35 bits per heavy atom. The molecule has 0 radical (unpaired) electrons. The summed E-state index contributed by atoms with van der Waals surface area (Å²) in [4.78, 5) is 15.5. The summed E-state index contributed by atoms with van der Waals surface area (Å²) < 4.78 is 0. The first kappa shape index (κ1) is 11.9. The van der Waals surface area contributed by atoms with E-state index < -0.39 is 0 Å². The third-order valence-corrected chi connectivity index (χ3v) is 3.06. The molecular weight excluding hydrogens is 218 g/mol. The van der Waals surface area contributed by atoms with Gasteiger partial charge in [-0.25, -0.2) is 5.48 Å². The van der Waals surface area contributed by atoms with Crippen molar-refractivity contribution in [2.24, 2.45) is 0 Å². The number of anilines is 1. The zero-order chi connectivity index (χ0) is 12.3. The Morgan fingerprint density at radius 3 is 2.82 bits per heavy atom. The molecule has 0 unspecified atom stereocenters. The maximum Gasteiger partial charge on any atom is 0.241 e. The molecule has 5 nitrogen and oxygen atoms in total. The molecule has 92 valence electrons. The molecule has 0 atom stereocenters. The maximum absolute atomic E-state index is 11.7. The molecule has 0 spiro atoms. The van der Waals surface area contributed by atoms with Crippen LogP contribution < -0.4 is 10.4 Å². The van der Waals surface area contributed by atoms with Crippen molar-refractivity contribution >= 4 is 11.6 Å². The average Bonchev–Trinajstić information content (AvgIpc) is 2.34. The van der Waals surface area contributed by atoms with E-state index in [9.17, 15) is 4.79 Å². The van der Waals surface area contributed by atoms with Gasteiger partial charge in [-0.15, -0.1) is 0 Å². The molecule has 0 aromatic heterocycles. The number of para-hydroxylation sites is 1. The van der Waals surface area contributed by atoms with E-state index in [1.165, 1.54) is 0 Å². The lowest BCUT2D eigenvalue weighted by Crippen LogP contribution is -2.48. The van der Waals surface area contributed by atoms with Crippen molar-refractivity contribution in [1.29, 1.82) is 0 Å².